The summed E-state index contributed by atoms with van der Waals surface area (Å²) in [6.07, 6.45) is 6.60. The van der Waals surface area contributed by atoms with Crippen LogP contribution < -0.4 is 11.1 Å². The predicted octanol–water partition coefficient (Wildman–Crippen LogP) is 1.23. The average molecular weight is 498 g/mol. The highest BCUT2D eigenvalue weighted by Gasteiger charge is 2.64. The SMILES string of the molecule is CCCCCN1C2N([C@@H]3O[C@H](CO)C(O)C3O)C=NC2(CCCCC)C(=O)NC1(N)CCCCC. The van der Waals surface area contributed by atoms with Crippen LogP contribution in [0.1, 0.15) is 91.4 Å². The Balaban J connectivity index is 2.00. The Labute approximate surface area is 209 Å². The molecule has 0 aromatic rings. The highest BCUT2D eigenvalue weighted by Crippen LogP contribution is 2.43. The van der Waals surface area contributed by atoms with E-state index in [0.717, 1.165) is 57.8 Å². The summed E-state index contributed by atoms with van der Waals surface area (Å²) in [7, 11) is 0. The lowest BCUT2D eigenvalue weighted by Gasteiger charge is -2.56. The summed E-state index contributed by atoms with van der Waals surface area (Å²) in [4.78, 5) is 22.5. The Morgan fingerprint density at radius 1 is 1.03 bits per heavy atom. The van der Waals surface area contributed by atoms with Gasteiger partial charge in [-0.05, 0) is 25.7 Å². The van der Waals surface area contributed by atoms with Crippen LogP contribution in [-0.4, -0.2) is 92.5 Å². The first-order valence-corrected chi connectivity index (χ1v) is 13.6. The van der Waals surface area contributed by atoms with E-state index in [-0.39, 0.29) is 5.91 Å². The van der Waals surface area contributed by atoms with Crippen molar-refractivity contribution in [3.05, 3.63) is 0 Å². The standard InChI is InChI=1S/C25H47N5O5/c1-4-7-10-13-24-22(34)28-25(26,14-11-8-5-2)30(15-12-9-6-3)23(24)29(17-27-24)21-20(33)19(32)18(16-31)35-21/h17-21,23,31-33H,4-16,26H2,1-3H3,(H,28,34)/t18-,19?,20?,21-,23?,24?,25?/m1/s1. The van der Waals surface area contributed by atoms with Crippen LogP contribution in [0, 0.1) is 0 Å². The Hall–Kier alpha value is -1.30. The number of carbonyl (C=O) groups is 1. The molecule has 0 bridgehead atoms. The maximum atomic E-state index is 13.8. The Kier molecular flexibility index (Phi) is 9.93. The molecule has 10 nitrogen and oxygen atoms in total. The van der Waals surface area contributed by atoms with Crippen LogP contribution in [0.4, 0.5) is 0 Å². The minimum Gasteiger partial charge on any atom is -0.394 e. The zero-order valence-electron chi connectivity index (χ0n) is 21.7. The first-order chi connectivity index (χ1) is 16.8. The third-order valence-electron chi connectivity index (χ3n) is 7.80. The van der Waals surface area contributed by atoms with E-state index >= 15 is 0 Å². The topological polar surface area (TPSA) is 144 Å². The molecule has 0 saturated carbocycles. The fourth-order valence-electron chi connectivity index (χ4n) is 5.72. The highest BCUT2D eigenvalue weighted by atomic mass is 16.6. The number of nitrogens with two attached hydrogens (primary N) is 1. The number of amides is 1. The van der Waals surface area contributed by atoms with Crippen LogP contribution >= 0.6 is 0 Å². The van der Waals surface area contributed by atoms with E-state index in [2.05, 4.69) is 31.0 Å². The number of aliphatic imine (C=N–C) groups is 1. The van der Waals surface area contributed by atoms with Gasteiger partial charge in [0, 0.05) is 6.54 Å². The van der Waals surface area contributed by atoms with Gasteiger partial charge in [-0.3, -0.25) is 15.5 Å². The molecule has 6 N–H and O–H groups in total. The molecule has 3 aliphatic rings. The van der Waals surface area contributed by atoms with E-state index in [9.17, 15) is 20.1 Å². The molecule has 3 heterocycles. The molecule has 0 aliphatic carbocycles. The van der Waals surface area contributed by atoms with Crippen molar-refractivity contribution in [1.29, 1.82) is 0 Å². The van der Waals surface area contributed by atoms with Crippen LogP contribution in [0.3, 0.4) is 0 Å². The van der Waals surface area contributed by atoms with Crippen LogP contribution in [0.5, 0.6) is 0 Å². The zero-order valence-corrected chi connectivity index (χ0v) is 21.7. The number of nitrogens with zero attached hydrogens (tertiary/aromatic N) is 3. The summed E-state index contributed by atoms with van der Waals surface area (Å²) >= 11 is 0. The summed E-state index contributed by atoms with van der Waals surface area (Å²) in [5.74, 6) is -1.25. The van der Waals surface area contributed by atoms with Crippen molar-refractivity contribution in [3.8, 4) is 0 Å². The lowest BCUT2D eigenvalue weighted by molar-refractivity contribution is -0.173. The van der Waals surface area contributed by atoms with Gasteiger partial charge in [0.1, 0.15) is 30.3 Å². The smallest absolute Gasteiger partial charge is 0.254 e. The number of aliphatic hydroxyl groups is 3. The molecule has 7 atom stereocenters. The van der Waals surface area contributed by atoms with Gasteiger partial charge in [-0.15, -0.1) is 0 Å². The minimum atomic E-state index is -1.25. The van der Waals surface area contributed by atoms with Crippen molar-refractivity contribution in [2.24, 2.45) is 10.7 Å². The Bertz CT molecular complexity index is 726. The molecule has 0 spiro atoms. The molecule has 0 aromatic heterocycles. The molecule has 202 valence electrons. The van der Waals surface area contributed by atoms with E-state index < -0.39 is 48.6 Å². The van der Waals surface area contributed by atoms with Crippen molar-refractivity contribution in [2.45, 2.75) is 133 Å². The van der Waals surface area contributed by atoms with Gasteiger partial charge >= 0.3 is 0 Å². The summed E-state index contributed by atoms with van der Waals surface area (Å²) in [5.41, 5.74) is 5.90. The molecule has 0 aromatic carbocycles. The molecule has 1 amide bonds. The van der Waals surface area contributed by atoms with Crippen molar-refractivity contribution in [3.63, 3.8) is 0 Å². The van der Waals surface area contributed by atoms with Crippen molar-refractivity contribution >= 4 is 12.2 Å². The number of carbonyl (C=O) groups excluding carboxylic acids is 1. The third-order valence-corrected chi connectivity index (χ3v) is 7.80. The van der Waals surface area contributed by atoms with Gasteiger partial charge in [0.2, 0.25) is 0 Å². The molecule has 0 radical (unpaired) electrons. The second kappa shape index (κ2) is 12.3. The van der Waals surface area contributed by atoms with Crippen molar-refractivity contribution in [1.82, 2.24) is 15.1 Å². The van der Waals surface area contributed by atoms with Gasteiger partial charge in [0.15, 0.2) is 11.8 Å². The van der Waals surface area contributed by atoms with Crippen LogP contribution in [0.15, 0.2) is 4.99 Å². The monoisotopic (exact) mass is 497 g/mol. The summed E-state index contributed by atoms with van der Waals surface area (Å²) in [5, 5.41) is 34.1. The maximum absolute atomic E-state index is 13.8. The summed E-state index contributed by atoms with van der Waals surface area (Å²) < 4.78 is 5.90. The predicted molar refractivity (Wildman–Crippen MR) is 134 cm³/mol. The summed E-state index contributed by atoms with van der Waals surface area (Å²) in [6, 6.07) is 0. The van der Waals surface area contributed by atoms with Crippen LogP contribution in [0.2, 0.25) is 0 Å². The molecular weight excluding hydrogens is 450 g/mol. The van der Waals surface area contributed by atoms with Gasteiger partial charge in [-0.25, -0.2) is 4.90 Å². The van der Waals surface area contributed by atoms with E-state index in [1.54, 1.807) is 11.2 Å². The second-order valence-corrected chi connectivity index (χ2v) is 10.4. The zero-order chi connectivity index (χ0) is 25.6. The highest BCUT2D eigenvalue weighted by molar-refractivity contribution is 5.92. The third kappa shape index (κ3) is 5.52. The quantitative estimate of drug-likeness (QED) is 0.225. The first-order valence-electron chi connectivity index (χ1n) is 13.6. The van der Waals surface area contributed by atoms with E-state index in [1.807, 2.05) is 0 Å². The normalized spacial score (nSPS) is 37.2. The maximum Gasteiger partial charge on any atom is 0.254 e. The molecule has 10 heteroatoms. The number of fused-ring (bicyclic) bond motifs is 1. The van der Waals surface area contributed by atoms with Gasteiger partial charge in [-0.1, -0.05) is 65.7 Å². The molecule has 35 heavy (non-hydrogen) atoms. The van der Waals surface area contributed by atoms with E-state index in [4.69, 9.17) is 15.5 Å². The van der Waals surface area contributed by atoms with Crippen LogP contribution in [0.25, 0.3) is 0 Å². The molecule has 2 fully saturated rings. The molecule has 5 unspecified atom stereocenters. The number of hydrogen-bond acceptors (Lipinski definition) is 9. The van der Waals surface area contributed by atoms with Crippen molar-refractivity contribution < 1.29 is 24.9 Å². The largest absolute Gasteiger partial charge is 0.394 e. The lowest BCUT2D eigenvalue weighted by atomic mass is 9.83. The molecule has 3 aliphatic heterocycles. The number of aliphatic hydroxyl groups excluding tert-OH is 3. The molecular formula is C25H47N5O5. The number of unbranched alkanes of at least 4 members (excludes halogenated alkanes) is 6. The number of hydrogen-bond donors (Lipinski definition) is 5. The van der Waals surface area contributed by atoms with E-state index in [0.29, 0.717) is 19.4 Å². The second-order valence-electron chi connectivity index (χ2n) is 10.4. The summed E-state index contributed by atoms with van der Waals surface area (Å²) in [6.45, 7) is 6.65. The van der Waals surface area contributed by atoms with Gasteiger partial charge in [-0.2, -0.15) is 0 Å². The van der Waals surface area contributed by atoms with E-state index in [1.165, 1.54) is 0 Å². The number of rotatable bonds is 14. The Morgan fingerprint density at radius 2 is 1.66 bits per heavy atom. The lowest BCUT2D eigenvalue weighted by Crippen LogP contribution is -2.82. The number of nitrogens with one attached hydrogen (secondary N) is 1. The number of ether oxygens (including phenoxy) is 1. The van der Waals surface area contributed by atoms with Crippen LogP contribution in [-0.2, 0) is 9.53 Å². The fraction of sp³-hybridized carbons (Fsp3) is 0.920. The molecule has 3 rings (SSSR count). The molecule has 2 saturated heterocycles. The van der Waals surface area contributed by atoms with Gasteiger partial charge in [0.05, 0.1) is 12.9 Å². The van der Waals surface area contributed by atoms with Gasteiger partial charge in [0.25, 0.3) is 5.91 Å². The Morgan fingerprint density at radius 3 is 2.26 bits per heavy atom. The minimum absolute atomic E-state index is 0.199. The first kappa shape index (κ1) is 28.3. The average Bonchev–Trinajstić information content (AvgIpc) is 3.35. The van der Waals surface area contributed by atoms with Crippen molar-refractivity contribution in [2.75, 3.05) is 13.2 Å². The fourth-order valence-corrected chi connectivity index (χ4v) is 5.72. The van der Waals surface area contributed by atoms with Gasteiger partial charge < -0.3 is 30.3 Å².